The first-order valence-electron chi connectivity index (χ1n) is 7.58. The van der Waals surface area contributed by atoms with Gasteiger partial charge in [-0.1, -0.05) is 43.3 Å². The maximum Gasteiger partial charge on any atom is 0.121 e. The van der Waals surface area contributed by atoms with Gasteiger partial charge < -0.3 is 15.2 Å². The fraction of sp³-hybridized carbons (Fsp3) is 0.263. The fourth-order valence-corrected chi connectivity index (χ4v) is 2.05. The molecule has 1 atom stereocenters. The summed E-state index contributed by atoms with van der Waals surface area (Å²) in [6.07, 6.45) is 4.81. The van der Waals surface area contributed by atoms with Crippen molar-refractivity contribution in [1.29, 1.82) is 0 Å². The van der Waals surface area contributed by atoms with Crippen LogP contribution in [0.4, 0.5) is 5.69 Å². The molecule has 3 heteroatoms. The van der Waals surface area contributed by atoms with E-state index in [2.05, 4.69) is 41.7 Å². The van der Waals surface area contributed by atoms with Crippen molar-refractivity contribution in [3.05, 3.63) is 59.7 Å². The van der Waals surface area contributed by atoms with Gasteiger partial charge in [0.15, 0.2) is 0 Å². The lowest BCUT2D eigenvalue weighted by Gasteiger charge is -2.14. The number of rotatable bonds is 7. The largest absolute Gasteiger partial charge is 0.488 e. The second-order valence-electron chi connectivity index (χ2n) is 5.11. The lowest BCUT2D eigenvalue weighted by molar-refractivity contribution is 0.112. The Morgan fingerprint density at radius 2 is 1.55 bits per heavy atom. The van der Waals surface area contributed by atoms with Gasteiger partial charge in [-0.05, 0) is 41.8 Å². The third-order valence-corrected chi connectivity index (χ3v) is 3.51. The molecule has 1 unspecified atom stereocenters. The molecule has 2 aromatic rings. The average Bonchev–Trinajstić information content (AvgIpc) is 2.59. The summed E-state index contributed by atoms with van der Waals surface area (Å²) in [6, 6.07) is 16.1. The second kappa shape index (κ2) is 8.25. The van der Waals surface area contributed by atoms with E-state index in [1.165, 1.54) is 0 Å². The van der Waals surface area contributed by atoms with Crippen molar-refractivity contribution in [2.75, 3.05) is 19.0 Å². The molecule has 0 bridgehead atoms. The summed E-state index contributed by atoms with van der Waals surface area (Å²) in [5.41, 5.74) is 3.38. The minimum absolute atomic E-state index is 0.0424. The lowest BCUT2D eigenvalue weighted by Crippen LogP contribution is -2.19. The Morgan fingerprint density at radius 3 is 2.00 bits per heavy atom. The normalized spacial score (nSPS) is 12.3. The third-order valence-electron chi connectivity index (χ3n) is 3.51. The monoisotopic (exact) mass is 297 g/mol. The van der Waals surface area contributed by atoms with Gasteiger partial charge in [-0.2, -0.15) is 0 Å². The molecular weight excluding hydrogens is 274 g/mol. The predicted octanol–water partition coefficient (Wildman–Crippen LogP) is 4.05. The molecular formula is C19H23NO2. The highest BCUT2D eigenvalue weighted by Gasteiger charge is 2.05. The van der Waals surface area contributed by atoms with Crippen molar-refractivity contribution in [2.45, 2.75) is 19.4 Å². The second-order valence-corrected chi connectivity index (χ2v) is 5.11. The van der Waals surface area contributed by atoms with E-state index in [4.69, 9.17) is 9.84 Å². The Morgan fingerprint density at radius 1 is 1.00 bits per heavy atom. The highest BCUT2D eigenvalue weighted by atomic mass is 16.5. The number of anilines is 1. The first kappa shape index (κ1) is 16.1. The molecule has 2 rings (SSSR count). The molecule has 0 saturated carbocycles. The zero-order chi connectivity index (χ0) is 15.8. The van der Waals surface area contributed by atoms with Crippen molar-refractivity contribution in [3.63, 3.8) is 0 Å². The van der Waals surface area contributed by atoms with Crippen molar-refractivity contribution < 1.29 is 9.84 Å². The first-order chi connectivity index (χ1) is 10.7. The molecule has 3 nitrogen and oxygen atoms in total. The van der Waals surface area contributed by atoms with Crippen LogP contribution in [-0.2, 0) is 0 Å². The molecule has 0 amide bonds. The lowest BCUT2D eigenvalue weighted by atomic mass is 10.1. The van der Waals surface area contributed by atoms with E-state index in [1.807, 2.05) is 38.2 Å². The molecule has 2 aromatic carbocycles. The van der Waals surface area contributed by atoms with Gasteiger partial charge in [-0.3, -0.25) is 0 Å². The molecule has 0 heterocycles. The van der Waals surface area contributed by atoms with Crippen molar-refractivity contribution in [3.8, 4) is 5.75 Å². The Balaban J connectivity index is 1.99. The fourth-order valence-electron chi connectivity index (χ4n) is 2.05. The summed E-state index contributed by atoms with van der Waals surface area (Å²) in [4.78, 5) is 0. The van der Waals surface area contributed by atoms with Gasteiger partial charge in [0, 0.05) is 12.7 Å². The van der Waals surface area contributed by atoms with Gasteiger partial charge in [0.05, 0.1) is 6.61 Å². The average molecular weight is 297 g/mol. The summed E-state index contributed by atoms with van der Waals surface area (Å²) in [5.74, 6) is 0.788. The molecule has 0 aliphatic carbocycles. The van der Waals surface area contributed by atoms with Gasteiger partial charge in [0.25, 0.3) is 0 Å². The smallest absolute Gasteiger partial charge is 0.121 e. The summed E-state index contributed by atoms with van der Waals surface area (Å²) in [5, 5.41) is 12.3. The summed E-state index contributed by atoms with van der Waals surface area (Å²) in [6.45, 7) is 2.04. The van der Waals surface area contributed by atoms with Gasteiger partial charge in [-0.25, -0.2) is 0 Å². The third kappa shape index (κ3) is 4.64. The van der Waals surface area contributed by atoms with Crippen LogP contribution in [-0.4, -0.2) is 24.9 Å². The number of benzene rings is 2. The Kier molecular flexibility index (Phi) is 6.04. The van der Waals surface area contributed by atoms with Crippen LogP contribution in [0.2, 0.25) is 0 Å². The van der Waals surface area contributed by atoms with E-state index in [0.717, 1.165) is 29.0 Å². The molecule has 0 fully saturated rings. The van der Waals surface area contributed by atoms with E-state index < -0.39 is 0 Å². The molecule has 0 saturated heterocycles. The quantitative estimate of drug-likeness (QED) is 0.758. The summed E-state index contributed by atoms with van der Waals surface area (Å²) < 4.78 is 5.68. The number of nitrogens with one attached hydrogen (secondary N) is 1. The van der Waals surface area contributed by atoms with Crippen LogP contribution in [0.5, 0.6) is 5.75 Å². The maximum atomic E-state index is 9.15. The molecule has 22 heavy (non-hydrogen) atoms. The number of hydrogen-bond donors (Lipinski definition) is 2. The van der Waals surface area contributed by atoms with E-state index in [9.17, 15) is 0 Å². The molecule has 116 valence electrons. The summed E-state index contributed by atoms with van der Waals surface area (Å²) in [7, 11) is 1.91. The van der Waals surface area contributed by atoms with Crippen molar-refractivity contribution in [1.82, 2.24) is 0 Å². The number of aliphatic hydroxyl groups is 1. The van der Waals surface area contributed by atoms with Crippen molar-refractivity contribution in [2.24, 2.45) is 0 Å². The minimum Gasteiger partial charge on any atom is -0.488 e. The topological polar surface area (TPSA) is 41.5 Å². The van der Waals surface area contributed by atoms with Gasteiger partial charge in [-0.15, -0.1) is 0 Å². The first-order valence-corrected chi connectivity index (χ1v) is 7.58. The van der Waals surface area contributed by atoms with Gasteiger partial charge >= 0.3 is 0 Å². The van der Waals surface area contributed by atoms with Crippen LogP contribution in [0.15, 0.2) is 48.5 Å². The van der Waals surface area contributed by atoms with E-state index in [1.54, 1.807) is 0 Å². The Bertz CT molecular complexity index is 584. The Hall–Kier alpha value is -2.26. The molecule has 0 aromatic heterocycles. The minimum atomic E-state index is -0.132. The zero-order valence-electron chi connectivity index (χ0n) is 13.1. The zero-order valence-corrected chi connectivity index (χ0v) is 13.1. The Labute approximate surface area is 132 Å². The van der Waals surface area contributed by atoms with Crippen LogP contribution in [0.1, 0.15) is 24.5 Å². The van der Waals surface area contributed by atoms with Crippen LogP contribution in [0.25, 0.3) is 12.2 Å². The summed E-state index contributed by atoms with van der Waals surface area (Å²) >= 11 is 0. The number of ether oxygens (including phenoxy) is 1. The van der Waals surface area contributed by atoms with Gasteiger partial charge in [0.2, 0.25) is 0 Å². The van der Waals surface area contributed by atoms with Crippen LogP contribution in [0.3, 0.4) is 0 Å². The number of hydrogen-bond acceptors (Lipinski definition) is 3. The highest BCUT2D eigenvalue weighted by molar-refractivity contribution is 5.70. The number of aliphatic hydroxyl groups excluding tert-OH is 1. The maximum absolute atomic E-state index is 9.15. The molecule has 0 spiro atoms. The molecule has 0 aliphatic heterocycles. The van der Waals surface area contributed by atoms with E-state index in [0.29, 0.717) is 0 Å². The highest BCUT2D eigenvalue weighted by Crippen LogP contribution is 2.17. The van der Waals surface area contributed by atoms with Crippen molar-refractivity contribution >= 4 is 17.8 Å². The SMILES string of the molecule is CCC(CO)Oc1ccc(/C=C/c2ccc(NC)cc2)cc1. The predicted molar refractivity (Wildman–Crippen MR) is 93.2 cm³/mol. The molecule has 0 aliphatic rings. The standard InChI is InChI=1S/C19H23NO2/c1-3-18(14-21)22-19-12-8-16(9-13-19)5-4-15-6-10-17(20-2)11-7-15/h4-13,18,20-21H,3,14H2,1-2H3/b5-4+. The van der Waals surface area contributed by atoms with Crippen LogP contribution >= 0.6 is 0 Å². The molecule has 0 radical (unpaired) electrons. The van der Waals surface area contributed by atoms with Gasteiger partial charge in [0.1, 0.15) is 11.9 Å². The molecule has 2 N–H and O–H groups in total. The van der Waals surface area contributed by atoms with Crippen LogP contribution in [0, 0.1) is 0 Å². The van der Waals surface area contributed by atoms with E-state index in [-0.39, 0.29) is 12.7 Å². The van der Waals surface area contributed by atoms with Crippen LogP contribution < -0.4 is 10.1 Å². The van der Waals surface area contributed by atoms with E-state index >= 15 is 0 Å².